The van der Waals surface area contributed by atoms with E-state index in [1.165, 1.54) is 109 Å². The predicted molar refractivity (Wildman–Crippen MR) is 219 cm³/mol. The molecule has 0 spiro atoms. The van der Waals surface area contributed by atoms with Crippen molar-refractivity contribution < 1.29 is 57.0 Å². The highest BCUT2D eigenvalue weighted by Crippen LogP contribution is 2.26. The Morgan fingerprint density at radius 3 is 1.71 bits per heavy atom. The summed E-state index contributed by atoms with van der Waals surface area (Å²) in [6.45, 7) is 3.16. The Morgan fingerprint density at radius 1 is 0.714 bits per heavy atom. The molecule has 0 saturated carbocycles. The van der Waals surface area contributed by atoms with Crippen LogP contribution < -0.4 is 5.32 Å². The normalized spacial score (nSPS) is 22.2. The van der Waals surface area contributed by atoms with E-state index in [1.807, 2.05) is 0 Å². The molecule has 8 atom stereocenters. The molecule has 1 aliphatic heterocycles. The van der Waals surface area contributed by atoms with Gasteiger partial charge in [0, 0.05) is 0 Å². The van der Waals surface area contributed by atoms with Gasteiger partial charge in [-0.2, -0.15) is 8.42 Å². The van der Waals surface area contributed by atoms with E-state index in [0.29, 0.717) is 12.8 Å². The maximum absolute atomic E-state index is 13.1. The fourth-order valence-corrected chi connectivity index (χ4v) is 7.34. The number of rotatable bonds is 36. The van der Waals surface area contributed by atoms with Crippen LogP contribution in [-0.2, 0) is 28.9 Å². The van der Waals surface area contributed by atoms with Crippen molar-refractivity contribution in [2.45, 2.75) is 223 Å². The number of allylic oxidation sites excluding steroid dienone is 3. The van der Waals surface area contributed by atoms with Gasteiger partial charge in [-0.25, -0.2) is 4.18 Å². The molecule has 330 valence electrons. The first-order valence-electron chi connectivity index (χ1n) is 21.8. The summed E-state index contributed by atoms with van der Waals surface area (Å²) in [7, 11) is -5.12. The fourth-order valence-electron chi connectivity index (χ4n) is 6.83. The van der Waals surface area contributed by atoms with Crippen molar-refractivity contribution in [3.63, 3.8) is 0 Å². The number of unbranched alkanes of at least 4 members (excludes halogenated alkanes) is 21. The van der Waals surface area contributed by atoms with Crippen LogP contribution in [0.2, 0.25) is 0 Å². The number of aliphatic hydroxyl groups is 5. The molecule has 0 aromatic carbocycles. The second kappa shape index (κ2) is 33.4. The third-order valence-electron chi connectivity index (χ3n) is 10.3. The van der Waals surface area contributed by atoms with Crippen LogP contribution in [-0.4, -0.2) is 107 Å². The topological polar surface area (TPSA) is 212 Å². The third-order valence-corrected chi connectivity index (χ3v) is 10.8. The Hall–Kier alpha value is -1.46. The van der Waals surface area contributed by atoms with Crippen LogP contribution in [0, 0.1) is 0 Å². The second-order valence-corrected chi connectivity index (χ2v) is 16.5. The van der Waals surface area contributed by atoms with Gasteiger partial charge < -0.3 is 40.3 Å². The zero-order valence-corrected chi connectivity index (χ0v) is 35.4. The fraction of sp³-hybridized carbons (Fsp3) is 0.881. The lowest BCUT2D eigenvalue weighted by molar-refractivity contribution is -0.298. The molecule has 1 fully saturated rings. The lowest BCUT2D eigenvalue weighted by Crippen LogP contribution is -2.61. The Morgan fingerprint density at radius 2 is 1.20 bits per heavy atom. The van der Waals surface area contributed by atoms with Crippen LogP contribution in [0.25, 0.3) is 0 Å². The van der Waals surface area contributed by atoms with Gasteiger partial charge in [0.1, 0.15) is 30.5 Å². The average molecular weight is 822 g/mol. The smallest absolute Gasteiger partial charge is 0.394 e. The average Bonchev–Trinajstić information content (AvgIpc) is 3.16. The maximum Gasteiger partial charge on any atom is 0.397 e. The van der Waals surface area contributed by atoms with Crippen molar-refractivity contribution in [1.29, 1.82) is 0 Å². The molecule has 14 heteroatoms. The van der Waals surface area contributed by atoms with Crippen molar-refractivity contribution >= 4 is 16.3 Å². The Bertz CT molecular complexity index is 1120. The van der Waals surface area contributed by atoms with Gasteiger partial charge in [-0.3, -0.25) is 9.35 Å². The SMILES string of the molecule is CCCCCCCC/C=C/CC/C=C/C(O)C(COC1OC(CO)C(O)C(OS(=O)(=O)O)C1O)NC(=O)C(O)CCCCCCCCCCCCCCCCC. The Kier molecular flexibility index (Phi) is 31.3. The zero-order valence-electron chi connectivity index (χ0n) is 34.6. The number of hydrogen-bond donors (Lipinski definition) is 7. The summed E-state index contributed by atoms with van der Waals surface area (Å²) in [5.41, 5.74) is 0. The molecule has 13 nitrogen and oxygen atoms in total. The van der Waals surface area contributed by atoms with Gasteiger partial charge in [0.2, 0.25) is 5.91 Å². The molecular weight excluding hydrogens is 743 g/mol. The van der Waals surface area contributed by atoms with Gasteiger partial charge in [-0.15, -0.1) is 0 Å². The van der Waals surface area contributed by atoms with Gasteiger partial charge in [-0.1, -0.05) is 167 Å². The molecule has 0 radical (unpaired) electrons. The van der Waals surface area contributed by atoms with Crippen LogP contribution in [0.5, 0.6) is 0 Å². The number of hydrogen-bond acceptors (Lipinski definition) is 11. The van der Waals surface area contributed by atoms with Gasteiger partial charge in [0.05, 0.1) is 25.4 Å². The van der Waals surface area contributed by atoms with Crippen LogP contribution in [0.3, 0.4) is 0 Å². The van der Waals surface area contributed by atoms with E-state index in [0.717, 1.165) is 38.5 Å². The maximum atomic E-state index is 13.1. The number of amides is 1. The zero-order chi connectivity index (χ0) is 41.4. The monoisotopic (exact) mass is 822 g/mol. The summed E-state index contributed by atoms with van der Waals surface area (Å²) in [5, 5.41) is 55.0. The number of carbonyl (C=O) groups is 1. The van der Waals surface area contributed by atoms with E-state index in [2.05, 4.69) is 35.5 Å². The standard InChI is InChI=1S/C42H79NO12S/c1-3-5-7-9-11-13-15-17-18-19-21-23-25-27-29-31-36(46)41(49)43-34(35(45)30-28-26-24-22-20-16-14-12-10-8-6-4-2)33-53-42-39(48)40(55-56(50,51)52)38(47)37(32-44)54-42/h20,22,28,30,34-40,42,44-48H,3-19,21,23-27,29,31-33H2,1-2H3,(H,43,49)(H,50,51,52)/b22-20+,30-28+. The predicted octanol–water partition coefficient (Wildman–Crippen LogP) is 6.74. The molecule has 1 heterocycles. The molecular formula is C42H79NO12S. The minimum Gasteiger partial charge on any atom is -0.394 e. The summed E-state index contributed by atoms with van der Waals surface area (Å²) >= 11 is 0. The van der Waals surface area contributed by atoms with Gasteiger partial charge >= 0.3 is 10.4 Å². The summed E-state index contributed by atoms with van der Waals surface area (Å²) in [4.78, 5) is 13.1. The van der Waals surface area contributed by atoms with E-state index in [-0.39, 0.29) is 6.42 Å². The molecule has 1 saturated heterocycles. The quantitative estimate of drug-likeness (QED) is 0.0199. The lowest BCUT2D eigenvalue weighted by atomic mass is 9.99. The first kappa shape index (κ1) is 52.6. The van der Waals surface area contributed by atoms with E-state index in [4.69, 9.17) is 14.0 Å². The Balaban J connectivity index is 2.64. The van der Waals surface area contributed by atoms with E-state index < -0.39 is 78.5 Å². The number of carbonyl (C=O) groups excluding carboxylic acids is 1. The van der Waals surface area contributed by atoms with Gasteiger partial charge in [-0.05, 0) is 32.1 Å². The van der Waals surface area contributed by atoms with E-state index in [9.17, 15) is 38.7 Å². The highest BCUT2D eigenvalue weighted by Gasteiger charge is 2.48. The molecule has 1 amide bonds. The molecule has 56 heavy (non-hydrogen) atoms. The molecule has 1 rings (SSSR count). The largest absolute Gasteiger partial charge is 0.397 e. The van der Waals surface area contributed by atoms with Crippen molar-refractivity contribution in [2.75, 3.05) is 13.2 Å². The summed E-state index contributed by atoms with van der Waals surface area (Å²) in [6.07, 6.45) is 24.1. The van der Waals surface area contributed by atoms with Gasteiger partial charge in [0.25, 0.3) is 0 Å². The molecule has 1 aliphatic rings. The van der Waals surface area contributed by atoms with Crippen LogP contribution >= 0.6 is 0 Å². The Labute approximate surface area is 338 Å². The van der Waals surface area contributed by atoms with E-state index in [1.54, 1.807) is 6.08 Å². The number of ether oxygens (including phenoxy) is 2. The van der Waals surface area contributed by atoms with Crippen molar-refractivity contribution in [1.82, 2.24) is 5.32 Å². The van der Waals surface area contributed by atoms with Crippen LogP contribution in [0.4, 0.5) is 0 Å². The van der Waals surface area contributed by atoms with Crippen molar-refractivity contribution in [3.05, 3.63) is 24.3 Å². The van der Waals surface area contributed by atoms with Crippen LogP contribution in [0.15, 0.2) is 24.3 Å². The minimum absolute atomic E-state index is 0.240. The van der Waals surface area contributed by atoms with Crippen molar-refractivity contribution in [2.24, 2.45) is 0 Å². The molecule has 0 aromatic heterocycles. The minimum atomic E-state index is -5.12. The number of nitrogens with one attached hydrogen (secondary N) is 1. The molecule has 0 bridgehead atoms. The highest BCUT2D eigenvalue weighted by molar-refractivity contribution is 7.80. The van der Waals surface area contributed by atoms with E-state index >= 15 is 0 Å². The van der Waals surface area contributed by atoms with Gasteiger partial charge in [0.15, 0.2) is 6.29 Å². The molecule has 0 aromatic rings. The molecule has 0 aliphatic carbocycles. The first-order chi connectivity index (χ1) is 26.9. The summed E-state index contributed by atoms with van der Waals surface area (Å²) in [5.74, 6) is -0.713. The lowest BCUT2D eigenvalue weighted by Gasteiger charge is -2.41. The highest BCUT2D eigenvalue weighted by atomic mass is 32.3. The summed E-state index contributed by atoms with van der Waals surface area (Å²) < 4.78 is 47.4. The third kappa shape index (κ3) is 25.8. The van der Waals surface area contributed by atoms with Crippen molar-refractivity contribution in [3.8, 4) is 0 Å². The summed E-state index contributed by atoms with van der Waals surface area (Å²) in [6, 6.07) is -1.13. The first-order valence-corrected chi connectivity index (χ1v) is 23.2. The van der Waals surface area contributed by atoms with Crippen LogP contribution in [0.1, 0.15) is 174 Å². The molecule has 8 unspecified atom stereocenters. The number of aliphatic hydroxyl groups excluding tert-OH is 5. The second-order valence-electron chi connectivity index (χ2n) is 15.4. The molecule has 7 N–H and O–H groups in total.